The van der Waals surface area contributed by atoms with Crippen LogP contribution in [0.2, 0.25) is 0 Å². The molecule has 0 bridgehead atoms. The molecule has 1 fully saturated rings. The van der Waals surface area contributed by atoms with Gasteiger partial charge in [-0.1, -0.05) is 12.8 Å². The molecule has 1 atom stereocenters. The van der Waals surface area contributed by atoms with Gasteiger partial charge in [-0.3, -0.25) is 0 Å². The molecule has 0 aliphatic heterocycles. The zero-order valence-electron chi connectivity index (χ0n) is 8.29. The molecule has 0 radical (unpaired) electrons. The molecule has 1 unspecified atom stereocenters. The Morgan fingerprint density at radius 1 is 1.50 bits per heavy atom. The van der Waals surface area contributed by atoms with Gasteiger partial charge in [0, 0.05) is 4.88 Å². The van der Waals surface area contributed by atoms with E-state index in [1.165, 1.54) is 31.2 Å². The molecule has 0 aromatic carbocycles. The van der Waals surface area contributed by atoms with E-state index in [-0.39, 0.29) is 6.10 Å². The minimum atomic E-state index is -0.229. The van der Waals surface area contributed by atoms with Crippen molar-refractivity contribution in [1.29, 1.82) is 0 Å². The number of hydrogen-bond donors (Lipinski definition) is 1. The lowest BCUT2D eigenvalue weighted by Crippen LogP contribution is -2.06. The number of aryl methyl sites for hydroxylation is 1. The van der Waals surface area contributed by atoms with Gasteiger partial charge in [-0.15, -0.1) is 11.3 Å². The zero-order chi connectivity index (χ0) is 10.1. The maximum absolute atomic E-state index is 10.1. The van der Waals surface area contributed by atoms with Crippen molar-refractivity contribution in [3.63, 3.8) is 0 Å². The summed E-state index contributed by atoms with van der Waals surface area (Å²) in [6, 6.07) is 2.11. The van der Waals surface area contributed by atoms with Crippen LogP contribution in [0.1, 0.15) is 42.2 Å². The average Bonchev–Trinajstić information content (AvgIpc) is 2.76. The molecule has 1 heterocycles. The van der Waals surface area contributed by atoms with E-state index in [4.69, 9.17) is 0 Å². The second kappa shape index (κ2) is 4.33. The molecule has 0 spiro atoms. The lowest BCUT2D eigenvalue weighted by Gasteiger charge is -2.15. The van der Waals surface area contributed by atoms with Crippen LogP contribution < -0.4 is 0 Å². The molecule has 1 N–H and O–H groups in total. The Labute approximate surface area is 97.3 Å². The van der Waals surface area contributed by atoms with Crippen LogP contribution in [0.3, 0.4) is 0 Å². The van der Waals surface area contributed by atoms with Gasteiger partial charge in [-0.25, -0.2) is 0 Å². The van der Waals surface area contributed by atoms with Crippen LogP contribution in [0.4, 0.5) is 0 Å². The van der Waals surface area contributed by atoms with Gasteiger partial charge in [0.25, 0.3) is 0 Å². The van der Waals surface area contributed by atoms with Crippen molar-refractivity contribution in [2.45, 2.75) is 38.7 Å². The third-order valence-electron chi connectivity index (χ3n) is 3.01. The lowest BCUT2D eigenvalue weighted by molar-refractivity contribution is 0.115. The number of thiophene rings is 1. The summed E-state index contributed by atoms with van der Waals surface area (Å²) in [5, 5.41) is 10.1. The quantitative estimate of drug-likeness (QED) is 0.863. The molecule has 1 aliphatic rings. The predicted octanol–water partition coefficient (Wildman–Crippen LogP) is 4.04. The molecule has 1 saturated carbocycles. The Kier molecular flexibility index (Phi) is 3.30. The largest absolute Gasteiger partial charge is 0.387 e. The maximum atomic E-state index is 10.1. The van der Waals surface area contributed by atoms with Gasteiger partial charge in [0.1, 0.15) is 0 Å². The second-order valence-electron chi connectivity index (χ2n) is 4.09. The smallest absolute Gasteiger partial charge is 0.0910 e. The van der Waals surface area contributed by atoms with Crippen LogP contribution in [0.15, 0.2) is 9.85 Å². The van der Waals surface area contributed by atoms with Crippen LogP contribution in [0.5, 0.6) is 0 Å². The number of aliphatic hydroxyl groups excluding tert-OH is 1. The average molecular weight is 275 g/mol. The summed E-state index contributed by atoms with van der Waals surface area (Å²) in [5.74, 6) is 0.500. The van der Waals surface area contributed by atoms with E-state index >= 15 is 0 Å². The van der Waals surface area contributed by atoms with Crippen molar-refractivity contribution < 1.29 is 5.11 Å². The summed E-state index contributed by atoms with van der Waals surface area (Å²) in [6.45, 7) is 2.07. The summed E-state index contributed by atoms with van der Waals surface area (Å²) >= 11 is 5.18. The highest BCUT2D eigenvalue weighted by molar-refractivity contribution is 9.11. The topological polar surface area (TPSA) is 20.2 Å². The van der Waals surface area contributed by atoms with E-state index in [0.29, 0.717) is 5.92 Å². The van der Waals surface area contributed by atoms with E-state index in [2.05, 4.69) is 28.9 Å². The fourth-order valence-electron chi connectivity index (χ4n) is 2.13. The van der Waals surface area contributed by atoms with Gasteiger partial charge in [0.05, 0.1) is 9.89 Å². The van der Waals surface area contributed by atoms with Crippen LogP contribution >= 0.6 is 27.3 Å². The van der Waals surface area contributed by atoms with E-state index in [1.807, 2.05) is 0 Å². The van der Waals surface area contributed by atoms with Crippen LogP contribution in [0.25, 0.3) is 0 Å². The molecule has 0 saturated heterocycles. The van der Waals surface area contributed by atoms with Crippen molar-refractivity contribution >= 4 is 27.3 Å². The van der Waals surface area contributed by atoms with E-state index in [1.54, 1.807) is 11.3 Å². The molecule has 0 amide bonds. The van der Waals surface area contributed by atoms with E-state index in [9.17, 15) is 5.11 Å². The Morgan fingerprint density at radius 3 is 2.64 bits per heavy atom. The first-order chi connectivity index (χ1) is 6.68. The predicted molar refractivity (Wildman–Crippen MR) is 63.7 cm³/mol. The molecule has 3 heteroatoms. The van der Waals surface area contributed by atoms with Crippen LogP contribution in [0, 0.1) is 12.8 Å². The van der Waals surface area contributed by atoms with Crippen molar-refractivity contribution in [1.82, 2.24) is 0 Å². The van der Waals surface area contributed by atoms with Crippen LogP contribution in [-0.2, 0) is 0 Å². The van der Waals surface area contributed by atoms with Crippen molar-refractivity contribution in [3.8, 4) is 0 Å². The standard InChI is InChI=1S/C11H15BrOS/c1-7-6-9(14-11(7)12)10(13)8-4-2-3-5-8/h6,8,10,13H,2-5H2,1H3. The zero-order valence-corrected chi connectivity index (χ0v) is 10.7. The summed E-state index contributed by atoms with van der Waals surface area (Å²) < 4.78 is 1.16. The Morgan fingerprint density at radius 2 is 2.14 bits per heavy atom. The Hall–Kier alpha value is 0.140. The molecular weight excluding hydrogens is 260 g/mol. The fraction of sp³-hybridized carbons (Fsp3) is 0.636. The third-order valence-corrected chi connectivity index (χ3v) is 5.22. The van der Waals surface area contributed by atoms with Gasteiger partial charge in [-0.2, -0.15) is 0 Å². The molecular formula is C11H15BrOS. The molecule has 78 valence electrons. The van der Waals surface area contributed by atoms with E-state index < -0.39 is 0 Å². The Balaban J connectivity index is 2.13. The SMILES string of the molecule is Cc1cc(C(O)C2CCCC2)sc1Br. The highest BCUT2D eigenvalue weighted by Gasteiger charge is 2.25. The first kappa shape index (κ1) is 10.7. The first-order valence-electron chi connectivity index (χ1n) is 5.12. The normalized spacial score (nSPS) is 20.2. The fourth-order valence-corrected chi connectivity index (χ4v) is 3.79. The highest BCUT2D eigenvalue weighted by atomic mass is 79.9. The van der Waals surface area contributed by atoms with Crippen molar-refractivity contribution in [3.05, 3.63) is 20.3 Å². The molecule has 1 aliphatic carbocycles. The molecule has 2 rings (SSSR count). The Bertz CT molecular complexity index is 296. The maximum Gasteiger partial charge on any atom is 0.0910 e. The van der Waals surface area contributed by atoms with Gasteiger partial charge >= 0.3 is 0 Å². The minimum Gasteiger partial charge on any atom is -0.387 e. The van der Waals surface area contributed by atoms with Gasteiger partial charge in [0.2, 0.25) is 0 Å². The van der Waals surface area contributed by atoms with Gasteiger partial charge < -0.3 is 5.11 Å². The van der Waals surface area contributed by atoms with Crippen molar-refractivity contribution in [2.24, 2.45) is 5.92 Å². The van der Waals surface area contributed by atoms with E-state index in [0.717, 1.165) is 8.66 Å². The first-order valence-corrected chi connectivity index (χ1v) is 6.73. The second-order valence-corrected chi connectivity index (χ2v) is 6.50. The summed E-state index contributed by atoms with van der Waals surface area (Å²) in [6.07, 6.45) is 4.72. The van der Waals surface area contributed by atoms with Gasteiger partial charge in [-0.05, 0) is 53.2 Å². The lowest BCUT2D eigenvalue weighted by atomic mass is 9.99. The minimum absolute atomic E-state index is 0.229. The molecule has 1 aromatic rings. The molecule has 1 nitrogen and oxygen atoms in total. The number of rotatable bonds is 2. The number of aliphatic hydroxyl groups is 1. The molecule has 1 aromatic heterocycles. The van der Waals surface area contributed by atoms with Gasteiger partial charge in [0.15, 0.2) is 0 Å². The number of hydrogen-bond acceptors (Lipinski definition) is 2. The third kappa shape index (κ3) is 2.05. The monoisotopic (exact) mass is 274 g/mol. The number of halogens is 1. The summed E-state index contributed by atoms with van der Waals surface area (Å²) in [4.78, 5) is 1.13. The summed E-state index contributed by atoms with van der Waals surface area (Å²) in [7, 11) is 0. The van der Waals surface area contributed by atoms with Crippen molar-refractivity contribution in [2.75, 3.05) is 0 Å². The summed E-state index contributed by atoms with van der Waals surface area (Å²) in [5.41, 5.74) is 1.24. The van der Waals surface area contributed by atoms with Crippen LogP contribution in [-0.4, -0.2) is 5.11 Å². The highest BCUT2D eigenvalue weighted by Crippen LogP contribution is 2.40. The molecule has 14 heavy (non-hydrogen) atoms.